The summed E-state index contributed by atoms with van der Waals surface area (Å²) >= 11 is 0. The highest BCUT2D eigenvalue weighted by Crippen LogP contribution is 2.54. The lowest BCUT2D eigenvalue weighted by atomic mass is 10.1. The zero-order valence-corrected chi connectivity index (χ0v) is 16.2. The van der Waals surface area contributed by atoms with E-state index in [4.69, 9.17) is 0 Å². The maximum atomic E-state index is 12.0. The summed E-state index contributed by atoms with van der Waals surface area (Å²) in [6, 6.07) is 9.94. The van der Waals surface area contributed by atoms with Crippen LogP contribution in [0, 0.1) is 17.8 Å². The number of pyridine rings is 1. The number of rotatable bonds is 6. The zero-order valence-electron chi connectivity index (χ0n) is 16.2. The molecule has 1 saturated heterocycles. The van der Waals surface area contributed by atoms with Crippen molar-refractivity contribution in [2.45, 2.75) is 13.0 Å². The summed E-state index contributed by atoms with van der Waals surface area (Å²) in [5.74, 6) is 2.15. The molecule has 1 unspecified atom stereocenters. The van der Waals surface area contributed by atoms with E-state index in [9.17, 15) is 9.59 Å². The largest absolute Gasteiger partial charge is 0.371 e. The molecular formula is C23H24N4O2. The van der Waals surface area contributed by atoms with Crippen LogP contribution >= 0.6 is 0 Å². The number of hydrogen-bond donors (Lipinski definition) is 2. The number of anilines is 1. The van der Waals surface area contributed by atoms with Crippen molar-refractivity contribution >= 4 is 23.6 Å². The Kier molecular flexibility index (Phi) is 4.54. The van der Waals surface area contributed by atoms with Crippen LogP contribution in [0.3, 0.4) is 0 Å². The van der Waals surface area contributed by atoms with Crippen LogP contribution in [0.5, 0.6) is 0 Å². The van der Waals surface area contributed by atoms with Crippen molar-refractivity contribution in [1.82, 2.24) is 15.6 Å². The lowest BCUT2D eigenvalue weighted by molar-refractivity contribution is -0.116. The molecule has 3 heterocycles. The van der Waals surface area contributed by atoms with Gasteiger partial charge in [-0.05, 0) is 65.6 Å². The predicted molar refractivity (Wildman–Crippen MR) is 111 cm³/mol. The van der Waals surface area contributed by atoms with Crippen LogP contribution in [0.2, 0.25) is 0 Å². The van der Waals surface area contributed by atoms with Crippen LogP contribution in [0.15, 0.2) is 48.8 Å². The molecule has 2 aromatic rings. The number of fused-ring (bicyclic) bond motifs is 2. The number of nitrogens with one attached hydrogen (secondary N) is 2. The Hall–Kier alpha value is -3.15. The van der Waals surface area contributed by atoms with Crippen LogP contribution in [-0.2, 0) is 11.3 Å². The number of hydrogen-bond acceptors (Lipinski definition) is 4. The minimum absolute atomic E-state index is 0.0354. The van der Waals surface area contributed by atoms with Gasteiger partial charge in [0.1, 0.15) is 0 Å². The molecule has 2 N–H and O–H groups in total. The number of piperidine rings is 1. The third kappa shape index (κ3) is 3.62. The van der Waals surface area contributed by atoms with Crippen molar-refractivity contribution < 1.29 is 9.59 Å². The number of amides is 2. The molecule has 0 spiro atoms. The SMILES string of the molecule is O=C(/C=C/c1cccnc1)NCCC1[C@H]2CN(c3ccc4c(c3)CNC4=O)C[C@@H]12. The topological polar surface area (TPSA) is 74.3 Å². The van der Waals surface area contributed by atoms with Gasteiger partial charge in [0.15, 0.2) is 0 Å². The van der Waals surface area contributed by atoms with Crippen LogP contribution in [0.4, 0.5) is 5.69 Å². The fraction of sp³-hybridized carbons (Fsp3) is 0.348. The van der Waals surface area contributed by atoms with Crippen LogP contribution in [0.25, 0.3) is 6.08 Å². The number of carbonyl (C=O) groups excluding carboxylic acids is 2. The maximum Gasteiger partial charge on any atom is 0.251 e. The molecule has 2 amide bonds. The lowest BCUT2D eigenvalue weighted by Gasteiger charge is -2.22. The third-order valence-corrected chi connectivity index (χ3v) is 6.40. The van der Waals surface area contributed by atoms with Gasteiger partial charge in [0.2, 0.25) is 5.91 Å². The second-order valence-electron chi connectivity index (χ2n) is 8.12. The van der Waals surface area contributed by atoms with E-state index in [-0.39, 0.29) is 11.8 Å². The Morgan fingerprint density at radius 3 is 2.93 bits per heavy atom. The van der Waals surface area contributed by atoms with E-state index < -0.39 is 0 Å². The highest BCUT2D eigenvalue weighted by atomic mass is 16.2. The first-order valence-corrected chi connectivity index (χ1v) is 10.2. The standard InChI is InChI=1S/C23H24N4O2/c28-22(6-3-15-2-1-8-24-11-15)25-9-7-19-20-13-27(14-21(19)20)17-4-5-18-16(10-17)12-26-23(18)29/h1-6,8,10-11,19-21H,7,9,12-14H2,(H,25,28)(H,26,29)/b6-3+/t19?,20-,21+. The molecular weight excluding hydrogens is 364 g/mol. The van der Waals surface area contributed by atoms with Gasteiger partial charge in [-0.2, -0.15) is 0 Å². The zero-order chi connectivity index (χ0) is 19.8. The van der Waals surface area contributed by atoms with E-state index in [1.165, 1.54) is 5.69 Å². The van der Waals surface area contributed by atoms with Crippen molar-refractivity contribution in [1.29, 1.82) is 0 Å². The monoisotopic (exact) mass is 388 g/mol. The van der Waals surface area contributed by atoms with Gasteiger partial charge in [-0.3, -0.25) is 14.6 Å². The van der Waals surface area contributed by atoms with Crippen molar-refractivity contribution in [3.63, 3.8) is 0 Å². The van der Waals surface area contributed by atoms with Crippen molar-refractivity contribution in [3.8, 4) is 0 Å². The summed E-state index contributed by atoms with van der Waals surface area (Å²) in [4.78, 5) is 30.1. The first-order valence-electron chi connectivity index (χ1n) is 10.2. The van der Waals surface area contributed by atoms with E-state index in [2.05, 4.69) is 32.7 Å². The molecule has 5 rings (SSSR count). The Morgan fingerprint density at radius 2 is 2.14 bits per heavy atom. The summed E-state index contributed by atoms with van der Waals surface area (Å²) in [5.41, 5.74) is 4.06. The van der Waals surface area contributed by atoms with Crippen molar-refractivity contribution in [3.05, 3.63) is 65.5 Å². The molecule has 29 heavy (non-hydrogen) atoms. The second kappa shape index (κ2) is 7.35. The van der Waals surface area contributed by atoms with Crippen LogP contribution in [0.1, 0.15) is 27.9 Å². The Bertz CT molecular complexity index is 960. The summed E-state index contributed by atoms with van der Waals surface area (Å²) in [5, 5.41) is 5.87. The second-order valence-corrected chi connectivity index (χ2v) is 8.12. The van der Waals surface area contributed by atoms with Gasteiger partial charge in [0, 0.05) is 55.9 Å². The summed E-state index contributed by atoms with van der Waals surface area (Å²) in [7, 11) is 0. The van der Waals surface area contributed by atoms with Gasteiger partial charge in [0.05, 0.1) is 0 Å². The fourth-order valence-corrected chi connectivity index (χ4v) is 4.77. The fourth-order valence-electron chi connectivity index (χ4n) is 4.77. The number of nitrogens with zero attached hydrogens (tertiary/aromatic N) is 2. The van der Waals surface area contributed by atoms with Gasteiger partial charge in [0.25, 0.3) is 5.91 Å². The van der Waals surface area contributed by atoms with Gasteiger partial charge in [-0.15, -0.1) is 0 Å². The molecule has 1 aromatic carbocycles. The highest BCUT2D eigenvalue weighted by molar-refractivity contribution is 5.98. The van der Waals surface area contributed by atoms with E-state index in [1.807, 2.05) is 18.2 Å². The van der Waals surface area contributed by atoms with Gasteiger partial charge < -0.3 is 15.5 Å². The van der Waals surface area contributed by atoms with E-state index in [1.54, 1.807) is 24.5 Å². The van der Waals surface area contributed by atoms with Gasteiger partial charge >= 0.3 is 0 Å². The molecule has 6 heteroatoms. The lowest BCUT2D eigenvalue weighted by Crippen LogP contribution is -2.26. The summed E-state index contributed by atoms with van der Waals surface area (Å²) in [6.07, 6.45) is 7.84. The number of aromatic nitrogens is 1. The Balaban J connectivity index is 1.06. The third-order valence-electron chi connectivity index (χ3n) is 6.40. The quantitative estimate of drug-likeness (QED) is 0.745. The maximum absolute atomic E-state index is 12.0. The van der Waals surface area contributed by atoms with Crippen LogP contribution < -0.4 is 15.5 Å². The minimum Gasteiger partial charge on any atom is -0.371 e. The summed E-state index contributed by atoms with van der Waals surface area (Å²) < 4.78 is 0. The average molecular weight is 388 g/mol. The molecule has 6 nitrogen and oxygen atoms in total. The van der Waals surface area contributed by atoms with Crippen molar-refractivity contribution in [2.75, 3.05) is 24.5 Å². The smallest absolute Gasteiger partial charge is 0.251 e. The Labute approximate surface area is 170 Å². The van der Waals surface area contributed by atoms with Crippen LogP contribution in [-0.4, -0.2) is 36.4 Å². The number of benzene rings is 1. The Morgan fingerprint density at radius 1 is 1.28 bits per heavy atom. The highest BCUT2D eigenvalue weighted by Gasteiger charge is 2.54. The minimum atomic E-state index is -0.0532. The first kappa shape index (κ1) is 17.9. The van der Waals surface area contributed by atoms with E-state index in [0.29, 0.717) is 12.5 Å². The summed E-state index contributed by atoms with van der Waals surface area (Å²) in [6.45, 7) is 3.51. The van der Waals surface area contributed by atoms with Gasteiger partial charge in [-0.25, -0.2) is 0 Å². The number of carbonyl (C=O) groups is 2. The average Bonchev–Trinajstić information content (AvgIpc) is 3.07. The molecule has 0 radical (unpaired) electrons. The predicted octanol–water partition coefficient (Wildman–Crippen LogP) is 2.23. The van der Waals surface area contributed by atoms with E-state index >= 15 is 0 Å². The molecule has 0 bridgehead atoms. The van der Waals surface area contributed by atoms with Crippen molar-refractivity contribution in [2.24, 2.45) is 17.8 Å². The first-order chi connectivity index (χ1) is 14.2. The molecule has 1 saturated carbocycles. The molecule has 3 atom stereocenters. The molecule has 2 aliphatic heterocycles. The normalized spacial score (nSPS) is 24.3. The van der Waals surface area contributed by atoms with Gasteiger partial charge in [-0.1, -0.05) is 6.07 Å². The molecule has 3 aliphatic rings. The molecule has 148 valence electrons. The van der Waals surface area contributed by atoms with E-state index in [0.717, 1.165) is 54.6 Å². The molecule has 1 aromatic heterocycles. The molecule has 2 fully saturated rings. The molecule has 1 aliphatic carbocycles.